The van der Waals surface area contributed by atoms with Crippen molar-refractivity contribution in [2.24, 2.45) is 0 Å². The molecule has 0 saturated carbocycles. The van der Waals surface area contributed by atoms with Crippen molar-refractivity contribution in [1.29, 1.82) is 0 Å². The average Bonchev–Trinajstić information content (AvgIpc) is 2.51. The van der Waals surface area contributed by atoms with E-state index in [1.165, 1.54) is 56.5 Å². The molecule has 0 spiro atoms. The molecule has 0 aromatic rings. The van der Waals surface area contributed by atoms with E-state index in [4.69, 9.17) is 13.3 Å². The van der Waals surface area contributed by atoms with Crippen LogP contribution in [0.3, 0.4) is 0 Å². The Morgan fingerprint density at radius 1 is 0.696 bits per heavy atom. The van der Waals surface area contributed by atoms with Crippen LogP contribution in [0.15, 0.2) is 0 Å². The summed E-state index contributed by atoms with van der Waals surface area (Å²) >= 11 is 1.75. The molecule has 0 aromatic heterocycles. The standard InChI is InChI=1S/C17H38O3SSi.Zr/c1-5-9-10-11-12-13-15-21-16-14-17-22(18-6-2,19-7-3)20-8-4;/h5-17H2,1-4H3;/q;-1/p+1. The van der Waals surface area contributed by atoms with Gasteiger partial charge >= 0.3 is 163 Å². The van der Waals surface area contributed by atoms with Crippen molar-refractivity contribution in [2.75, 3.05) is 31.3 Å². The quantitative estimate of drug-likeness (QED) is 0.189. The molecule has 0 aliphatic carbocycles. The summed E-state index contributed by atoms with van der Waals surface area (Å²) in [7, 11) is -2.14. The molecule has 23 heavy (non-hydrogen) atoms. The molecule has 6 heteroatoms. The molecule has 0 bridgehead atoms. The zero-order valence-corrected chi connectivity index (χ0v) is 20.2. The predicted molar refractivity (Wildman–Crippen MR) is 102 cm³/mol. The SMILES string of the molecule is CCCCCCCC[SH]([Zr])CCC[Si](OCC)(OCC)OCC. The summed E-state index contributed by atoms with van der Waals surface area (Å²) in [6.45, 7) is 10.5. The molecule has 0 saturated heterocycles. The van der Waals surface area contributed by atoms with Gasteiger partial charge in [0.05, 0.1) is 0 Å². The van der Waals surface area contributed by atoms with Gasteiger partial charge in [0.2, 0.25) is 0 Å². The summed E-state index contributed by atoms with van der Waals surface area (Å²) in [6, 6.07) is 0.992. The van der Waals surface area contributed by atoms with Gasteiger partial charge in [-0.3, -0.25) is 0 Å². The van der Waals surface area contributed by atoms with E-state index >= 15 is 0 Å². The van der Waals surface area contributed by atoms with Crippen LogP contribution >= 0.6 is 7.65 Å². The molecular formula is C17H39O3SSiZr. The Morgan fingerprint density at radius 3 is 1.70 bits per heavy atom. The van der Waals surface area contributed by atoms with Gasteiger partial charge in [0.1, 0.15) is 0 Å². The average molecular weight is 443 g/mol. The van der Waals surface area contributed by atoms with Crippen molar-refractivity contribution in [3.63, 3.8) is 0 Å². The summed E-state index contributed by atoms with van der Waals surface area (Å²) < 4.78 is 17.8. The normalized spacial score (nSPS) is 14.1. The Morgan fingerprint density at radius 2 is 1.17 bits per heavy atom. The maximum absolute atomic E-state index is 5.94. The van der Waals surface area contributed by atoms with Crippen LogP contribution in [-0.4, -0.2) is 40.1 Å². The van der Waals surface area contributed by atoms with Crippen molar-refractivity contribution < 1.29 is 36.5 Å². The summed E-state index contributed by atoms with van der Waals surface area (Å²) in [5.74, 6) is 2.83. The second kappa shape index (κ2) is 16.8. The Hall–Kier alpha value is 1.33. The van der Waals surface area contributed by atoms with E-state index in [9.17, 15) is 0 Å². The summed E-state index contributed by atoms with van der Waals surface area (Å²) in [5, 5.41) is 0. The molecule has 0 fully saturated rings. The van der Waals surface area contributed by atoms with Crippen molar-refractivity contribution >= 4 is 16.5 Å². The minimum absolute atomic E-state index is 0.260. The van der Waals surface area contributed by atoms with Crippen LogP contribution in [0.2, 0.25) is 6.04 Å². The molecule has 3 nitrogen and oxygen atoms in total. The summed E-state index contributed by atoms with van der Waals surface area (Å²) in [5.41, 5.74) is 0. The van der Waals surface area contributed by atoms with Crippen LogP contribution in [0.1, 0.15) is 72.6 Å². The third kappa shape index (κ3) is 13.2. The molecule has 1 unspecified atom stereocenters. The van der Waals surface area contributed by atoms with E-state index < -0.39 is 8.80 Å². The van der Waals surface area contributed by atoms with Gasteiger partial charge in [-0.15, -0.1) is 0 Å². The number of thiol groups is 1. The van der Waals surface area contributed by atoms with Gasteiger partial charge in [-0.1, -0.05) is 0 Å². The van der Waals surface area contributed by atoms with E-state index in [1.807, 2.05) is 20.8 Å². The van der Waals surface area contributed by atoms with E-state index in [-0.39, 0.29) is 7.65 Å². The first kappa shape index (κ1) is 24.3. The first-order valence-corrected chi connectivity index (χ1v) is 16.5. The zero-order valence-electron chi connectivity index (χ0n) is 15.9. The third-order valence-corrected chi connectivity index (χ3v) is 11.9. The fraction of sp³-hybridized carbons (Fsp3) is 1.00. The number of hydrogen-bond donors (Lipinski definition) is 1. The molecule has 0 aromatic carbocycles. The minimum atomic E-state index is -2.40. The third-order valence-electron chi connectivity index (χ3n) is 3.79. The van der Waals surface area contributed by atoms with E-state index in [2.05, 4.69) is 6.92 Å². The molecule has 0 amide bonds. The fourth-order valence-corrected chi connectivity index (χ4v) is 9.29. The predicted octanol–water partition coefficient (Wildman–Crippen LogP) is 5.25. The molecular weight excluding hydrogens is 404 g/mol. The van der Waals surface area contributed by atoms with Crippen molar-refractivity contribution in [2.45, 2.75) is 78.7 Å². The van der Waals surface area contributed by atoms with E-state index in [0.717, 1.165) is 6.04 Å². The monoisotopic (exact) mass is 441 g/mol. The van der Waals surface area contributed by atoms with Crippen molar-refractivity contribution in [3.8, 4) is 0 Å². The van der Waals surface area contributed by atoms with E-state index in [1.54, 1.807) is 23.3 Å². The maximum atomic E-state index is 5.94. The van der Waals surface area contributed by atoms with E-state index in [0.29, 0.717) is 19.8 Å². The van der Waals surface area contributed by atoms with Gasteiger partial charge < -0.3 is 0 Å². The van der Waals surface area contributed by atoms with Gasteiger partial charge in [0, 0.05) is 0 Å². The van der Waals surface area contributed by atoms with Gasteiger partial charge in [-0.05, 0) is 0 Å². The molecule has 0 heterocycles. The molecule has 1 atom stereocenters. The van der Waals surface area contributed by atoms with Crippen LogP contribution < -0.4 is 0 Å². The fourth-order valence-electron chi connectivity index (χ4n) is 2.68. The number of unbranched alkanes of at least 4 members (excludes halogenated alkanes) is 5. The van der Waals surface area contributed by atoms with Gasteiger partial charge in [0.25, 0.3) is 0 Å². The van der Waals surface area contributed by atoms with Gasteiger partial charge in [-0.2, -0.15) is 0 Å². The first-order valence-electron chi connectivity index (χ1n) is 9.52. The van der Waals surface area contributed by atoms with Crippen molar-refractivity contribution in [1.82, 2.24) is 0 Å². The molecule has 0 radical (unpaired) electrons. The zero-order chi connectivity index (χ0) is 17.4. The van der Waals surface area contributed by atoms with Crippen LogP contribution in [0.4, 0.5) is 0 Å². The second-order valence-electron chi connectivity index (χ2n) is 5.84. The second-order valence-corrected chi connectivity index (χ2v) is 15.2. The van der Waals surface area contributed by atoms with Crippen LogP contribution in [-0.2, 0) is 36.5 Å². The Labute approximate surface area is 162 Å². The van der Waals surface area contributed by atoms with Crippen LogP contribution in [0, 0.1) is 0 Å². The topological polar surface area (TPSA) is 27.7 Å². The Bertz CT molecular complexity index is 243. The van der Waals surface area contributed by atoms with Crippen LogP contribution in [0.5, 0.6) is 0 Å². The molecule has 0 rings (SSSR count). The summed E-state index contributed by atoms with van der Waals surface area (Å²) in [6.07, 6.45) is 9.69. The van der Waals surface area contributed by atoms with Crippen molar-refractivity contribution in [3.05, 3.63) is 0 Å². The van der Waals surface area contributed by atoms with Gasteiger partial charge in [-0.25, -0.2) is 0 Å². The van der Waals surface area contributed by atoms with Gasteiger partial charge in [0.15, 0.2) is 0 Å². The first-order chi connectivity index (χ1) is 11.1. The molecule has 0 N–H and O–H groups in total. The Kier molecular flexibility index (Phi) is 17.8. The summed E-state index contributed by atoms with van der Waals surface area (Å²) in [4.78, 5) is 0. The van der Waals surface area contributed by atoms with Crippen LogP contribution in [0.25, 0.3) is 0 Å². The molecule has 0 aliphatic heterocycles. The number of hydrogen-bond acceptors (Lipinski definition) is 3. The Balaban J connectivity index is 3.93. The molecule has 139 valence electrons. The molecule has 0 aliphatic rings. The number of rotatable bonds is 17.